The van der Waals surface area contributed by atoms with Crippen LogP contribution in [0, 0.1) is 0 Å². The number of carbonyl (C=O) groups is 6. The summed E-state index contributed by atoms with van der Waals surface area (Å²) in [5, 5.41) is 59.1. The molecule has 1 atom stereocenters. The number of carboxylic acids is 6. The molecular weight excluding hydrogens is 504 g/mol. The molecule has 0 fully saturated rings. The first kappa shape index (κ1) is 25.6. The molecule has 12 nitrogen and oxygen atoms in total. The topological polar surface area (TPSA) is 224 Å². The summed E-state index contributed by atoms with van der Waals surface area (Å²) < 4.78 is 0. The minimum absolute atomic E-state index is 0.0528. The van der Waals surface area contributed by atoms with Gasteiger partial charge in [0, 0.05) is 11.5 Å². The van der Waals surface area contributed by atoms with E-state index in [-0.39, 0.29) is 22.3 Å². The third kappa shape index (κ3) is 3.71. The smallest absolute Gasteiger partial charge is 0.337 e. The maximum Gasteiger partial charge on any atom is 0.337 e. The Morgan fingerprint density at radius 3 is 1.26 bits per heavy atom. The molecule has 0 spiro atoms. The monoisotopic (exact) mass is 520 g/mol. The Morgan fingerprint density at radius 2 is 0.895 bits per heavy atom. The second-order valence-corrected chi connectivity index (χ2v) is 8.34. The van der Waals surface area contributed by atoms with Crippen molar-refractivity contribution in [2.24, 2.45) is 0 Å². The van der Waals surface area contributed by atoms with Gasteiger partial charge in [-0.1, -0.05) is 31.2 Å². The Bertz CT molecular complexity index is 1650. The van der Waals surface area contributed by atoms with E-state index in [4.69, 9.17) is 0 Å². The minimum Gasteiger partial charge on any atom is -0.478 e. The SMILES string of the molecule is CC1c2c(C(=O)O)c(C(=O)O)c(-c3cccc(C(=O)O)c3C(=O)O)c(-c3cccc(C(=O)O)c3C(=O)O)c21. The summed E-state index contributed by atoms with van der Waals surface area (Å²) in [6.45, 7) is 1.52. The van der Waals surface area contributed by atoms with Crippen LogP contribution in [0.25, 0.3) is 22.3 Å². The van der Waals surface area contributed by atoms with Gasteiger partial charge in [0.2, 0.25) is 0 Å². The van der Waals surface area contributed by atoms with Gasteiger partial charge in [0.05, 0.1) is 33.4 Å². The van der Waals surface area contributed by atoms with E-state index in [1.165, 1.54) is 19.1 Å². The van der Waals surface area contributed by atoms with Crippen molar-refractivity contribution < 1.29 is 59.4 Å². The molecule has 0 aromatic heterocycles. The molecule has 0 bridgehead atoms. The zero-order valence-corrected chi connectivity index (χ0v) is 19.2. The summed E-state index contributed by atoms with van der Waals surface area (Å²) in [5.41, 5.74) is -5.88. The van der Waals surface area contributed by atoms with E-state index in [0.29, 0.717) is 0 Å². The summed E-state index contributed by atoms with van der Waals surface area (Å²) >= 11 is 0. The number of aromatic carboxylic acids is 6. The fourth-order valence-electron chi connectivity index (χ4n) is 4.88. The standard InChI is InChI=1S/C26H16O12/c1-8-13-14(8)19(25(35)36)20(26(37)38)18(10-5-3-7-12(22(29)30)16(10)24(33)34)17(13)9-4-2-6-11(21(27)28)15(9)23(31)32/h2-8H,1H3,(H,27,28)(H,29,30)(H,31,32)(H,33,34)(H,35,36)(H,37,38). The van der Waals surface area contributed by atoms with Crippen LogP contribution >= 0.6 is 0 Å². The van der Waals surface area contributed by atoms with E-state index in [1.54, 1.807) is 0 Å². The van der Waals surface area contributed by atoms with Gasteiger partial charge in [-0.25, -0.2) is 28.8 Å². The molecule has 0 saturated carbocycles. The zero-order chi connectivity index (χ0) is 28.2. The molecule has 1 aliphatic carbocycles. The molecule has 1 aliphatic rings. The van der Waals surface area contributed by atoms with Gasteiger partial charge in [-0.05, 0) is 39.9 Å². The Hall–Kier alpha value is -5.52. The highest BCUT2D eigenvalue weighted by Gasteiger charge is 2.45. The molecule has 38 heavy (non-hydrogen) atoms. The summed E-state index contributed by atoms with van der Waals surface area (Å²) in [7, 11) is 0. The molecule has 0 saturated heterocycles. The highest BCUT2D eigenvalue weighted by molar-refractivity contribution is 6.18. The molecule has 0 amide bonds. The molecular formula is C26H16O12. The van der Waals surface area contributed by atoms with Crippen molar-refractivity contribution in [2.45, 2.75) is 12.8 Å². The molecule has 6 N–H and O–H groups in total. The van der Waals surface area contributed by atoms with Crippen molar-refractivity contribution in [2.75, 3.05) is 0 Å². The first-order valence-electron chi connectivity index (χ1n) is 10.7. The van der Waals surface area contributed by atoms with Crippen LogP contribution < -0.4 is 0 Å². The fraction of sp³-hybridized carbons (Fsp3) is 0.0769. The Kier molecular flexibility index (Phi) is 5.96. The molecule has 192 valence electrons. The number of fused-ring (bicyclic) bond motifs is 1. The Balaban J connectivity index is 2.35. The third-order valence-electron chi connectivity index (χ3n) is 6.35. The van der Waals surface area contributed by atoms with E-state index in [0.717, 1.165) is 24.3 Å². The molecule has 0 aliphatic heterocycles. The highest BCUT2D eigenvalue weighted by atomic mass is 16.4. The largest absolute Gasteiger partial charge is 0.478 e. The van der Waals surface area contributed by atoms with Crippen LogP contribution in [-0.2, 0) is 0 Å². The van der Waals surface area contributed by atoms with Gasteiger partial charge in [-0.15, -0.1) is 0 Å². The second kappa shape index (κ2) is 8.85. The maximum atomic E-state index is 12.5. The summed E-state index contributed by atoms with van der Waals surface area (Å²) in [6.07, 6.45) is 0. The molecule has 4 rings (SSSR count). The quantitative estimate of drug-likeness (QED) is 0.250. The molecule has 3 aromatic carbocycles. The average Bonchev–Trinajstić information content (AvgIpc) is 3.50. The van der Waals surface area contributed by atoms with Crippen LogP contribution in [0.3, 0.4) is 0 Å². The van der Waals surface area contributed by atoms with E-state index in [1.807, 2.05) is 0 Å². The normalized spacial score (nSPS) is 13.3. The second-order valence-electron chi connectivity index (χ2n) is 8.34. The number of carboxylic acid groups (broad SMARTS) is 6. The molecule has 0 heterocycles. The summed E-state index contributed by atoms with van der Waals surface area (Å²) in [5.74, 6) is -10.9. The van der Waals surface area contributed by atoms with Gasteiger partial charge in [-0.3, -0.25) is 0 Å². The zero-order valence-electron chi connectivity index (χ0n) is 19.2. The fourth-order valence-corrected chi connectivity index (χ4v) is 4.88. The third-order valence-corrected chi connectivity index (χ3v) is 6.35. The van der Waals surface area contributed by atoms with Gasteiger partial charge >= 0.3 is 35.8 Å². The van der Waals surface area contributed by atoms with Crippen LogP contribution in [0.4, 0.5) is 0 Å². The van der Waals surface area contributed by atoms with Crippen molar-refractivity contribution in [3.8, 4) is 22.3 Å². The van der Waals surface area contributed by atoms with Crippen LogP contribution in [0.5, 0.6) is 0 Å². The predicted molar refractivity (Wildman–Crippen MR) is 127 cm³/mol. The molecule has 3 aromatic rings. The van der Waals surface area contributed by atoms with Crippen molar-refractivity contribution in [1.29, 1.82) is 0 Å². The summed E-state index contributed by atoms with van der Waals surface area (Å²) in [6, 6.07) is 6.56. The number of hydrogen-bond acceptors (Lipinski definition) is 6. The van der Waals surface area contributed by atoms with Crippen LogP contribution in [-0.4, -0.2) is 66.5 Å². The lowest BCUT2D eigenvalue weighted by Gasteiger charge is -2.19. The van der Waals surface area contributed by atoms with Gasteiger partial charge in [0.15, 0.2) is 0 Å². The molecule has 0 radical (unpaired) electrons. The van der Waals surface area contributed by atoms with Gasteiger partial charge in [0.25, 0.3) is 0 Å². The number of benzene rings is 3. The number of rotatable bonds is 8. The van der Waals surface area contributed by atoms with E-state index < -0.39 is 86.2 Å². The average molecular weight is 520 g/mol. The first-order chi connectivity index (χ1) is 17.8. The van der Waals surface area contributed by atoms with Crippen molar-refractivity contribution in [1.82, 2.24) is 0 Å². The maximum absolute atomic E-state index is 12.5. The van der Waals surface area contributed by atoms with Crippen molar-refractivity contribution in [3.05, 3.63) is 80.9 Å². The van der Waals surface area contributed by atoms with E-state index in [9.17, 15) is 59.4 Å². The molecule has 1 unspecified atom stereocenters. The van der Waals surface area contributed by atoms with E-state index >= 15 is 0 Å². The van der Waals surface area contributed by atoms with Crippen LogP contribution in [0.1, 0.15) is 86.1 Å². The molecule has 12 heteroatoms. The lowest BCUT2D eigenvalue weighted by molar-refractivity contribution is 0.0650. The van der Waals surface area contributed by atoms with Crippen LogP contribution in [0.2, 0.25) is 0 Å². The number of hydrogen-bond donors (Lipinski definition) is 6. The summed E-state index contributed by atoms with van der Waals surface area (Å²) in [4.78, 5) is 72.9. The predicted octanol–water partition coefficient (Wildman–Crippen LogP) is 3.68. The highest BCUT2D eigenvalue weighted by Crippen LogP contribution is 2.57. The van der Waals surface area contributed by atoms with Gasteiger partial charge < -0.3 is 30.6 Å². The lowest BCUT2D eigenvalue weighted by atomic mass is 9.82. The van der Waals surface area contributed by atoms with Crippen molar-refractivity contribution in [3.63, 3.8) is 0 Å². The lowest BCUT2D eigenvalue weighted by Crippen LogP contribution is -2.15. The van der Waals surface area contributed by atoms with Crippen LogP contribution in [0.15, 0.2) is 36.4 Å². The van der Waals surface area contributed by atoms with Gasteiger partial charge in [-0.2, -0.15) is 0 Å². The van der Waals surface area contributed by atoms with E-state index in [2.05, 4.69) is 0 Å². The Morgan fingerprint density at radius 1 is 0.500 bits per heavy atom. The van der Waals surface area contributed by atoms with Gasteiger partial charge in [0.1, 0.15) is 0 Å². The Labute approximate surface area is 211 Å². The first-order valence-corrected chi connectivity index (χ1v) is 10.7. The minimum atomic E-state index is -1.80. The van der Waals surface area contributed by atoms with Crippen molar-refractivity contribution >= 4 is 35.8 Å².